The van der Waals surface area contributed by atoms with Crippen molar-refractivity contribution in [1.82, 2.24) is 15.1 Å². The summed E-state index contributed by atoms with van der Waals surface area (Å²) in [6, 6.07) is 13.3. The van der Waals surface area contributed by atoms with Crippen LogP contribution in [-0.4, -0.2) is 28.8 Å². The Balaban J connectivity index is 1.67. The molecule has 3 aromatic rings. The maximum Gasteiger partial charge on any atom is 0.293 e. The fourth-order valence-corrected chi connectivity index (χ4v) is 4.71. The highest BCUT2D eigenvalue weighted by Crippen LogP contribution is 2.38. The molecule has 0 radical (unpaired) electrons. The lowest BCUT2D eigenvalue weighted by molar-refractivity contribution is 0.205. The molecule has 2 aromatic heterocycles. The van der Waals surface area contributed by atoms with E-state index in [1.807, 2.05) is 11.3 Å². The van der Waals surface area contributed by atoms with E-state index in [4.69, 9.17) is 4.74 Å². The van der Waals surface area contributed by atoms with E-state index in [9.17, 15) is 0 Å². The smallest absolute Gasteiger partial charge is 0.293 e. The molecule has 1 atom stereocenters. The fourth-order valence-electron chi connectivity index (χ4n) is 3.12. The summed E-state index contributed by atoms with van der Waals surface area (Å²) in [7, 11) is 1.63. The lowest BCUT2D eigenvalue weighted by atomic mass is 9.93. The number of methoxy groups -OCH3 is 1. The zero-order valence-electron chi connectivity index (χ0n) is 12.8. The first-order chi connectivity index (χ1) is 11.3. The average molecular weight is 343 g/mol. The summed E-state index contributed by atoms with van der Waals surface area (Å²) in [5, 5.41) is 12.1. The van der Waals surface area contributed by atoms with E-state index in [0.29, 0.717) is 11.2 Å². The number of rotatable bonds is 4. The van der Waals surface area contributed by atoms with E-state index >= 15 is 0 Å². The van der Waals surface area contributed by atoms with Crippen LogP contribution in [0, 0.1) is 0 Å². The second-order valence-corrected chi connectivity index (χ2v) is 7.52. The highest BCUT2D eigenvalue weighted by atomic mass is 32.1. The Morgan fingerprint density at radius 2 is 2.09 bits per heavy atom. The molecule has 3 heterocycles. The molecule has 0 unspecified atom stereocenters. The zero-order chi connectivity index (χ0) is 15.6. The van der Waals surface area contributed by atoms with E-state index in [-0.39, 0.29) is 0 Å². The molecule has 0 saturated heterocycles. The molecule has 23 heavy (non-hydrogen) atoms. The SMILES string of the molecule is COc1nnc(CN2CCc3sccc3[C@@H]2c2ccccc2)s1. The molecule has 0 spiro atoms. The fraction of sp³-hybridized carbons (Fsp3) is 0.294. The van der Waals surface area contributed by atoms with Crippen LogP contribution in [0.3, 0.4) is 0 Å². The van der Waals surface area contributed by atoms with Crippen LogP contribution in [0.25, 0.3) is 0 Å². The lowest BCUT2D eigenvalue weighted by Crippen LogP contribution is -2.34. The number of benzene rings is 1. The summed E-state index contributed by atoms with van der Waals surface area (Å²) in [6.07, 6.45) is 1.10. The van der Waals surface area contributed by atoms with Crippen molar-refractivity contribution in [2.45, 2.75) is 19.0 Å². The molecule has 0 fully saturated rings. The maximum absolute atomic E-state index is 5.17. The van der Waals surface area contributed by atoms with Crippen LogP contribution in [0.15, 0.2) is 41.8 Å². The van der Waals surface area contributed by atoms with Crippen molar-refractivity contribution in [1.29, 1.82) is 0 Å². The van der Waals surface area contributed by atoms with E-state index < -0.39 is 0 Å². The standard InChI is InChI=1S/C17H17N3OS2/c1-21-17-19-18-15(23-17)11-20-9-7-14-13(8-10-22-14)16(20)12-5-3-2-4-6-12/h2-6,8,10,16H,7,9,11H2,1H3/t16-/m0/s1. The normalized spacial score (nSPS) is 17.9. The molecule has 1 aliphatic rings. The van der Waals surface area contributed by atoms with Gasteiger partial charge in [-0.2, -0.15) is 0 Å². The minimum Gasteiger partial charge on any atom is -0.472 e. The molecule has 1 aliphatic heterocycles. The summed E-state index contributed by atoms with van der Waals surface area (Å²) in [5.41, 5.74) is 2.77. The van der Waals surface area contributed by atoms with Crippen LogP contribution >= 0.6 is 22.7 Å². The molecule has 0 aliphatic carbocycles. The van der Waals surface area contributed by atoms with Crippen molar-refractivity contribution >= 4 is 22.7 Å². The first-order valence-corrected chi connectivity index (χ1v) is 9.26. The van der Waals surface area contributed by atoms with Crippen molar-refractivity contribution < 1.29 is 4.74 Å². The quantitative estimate of drug-likeness (QED) is 0.723. The van der Waals surface area contributed by atoms with Gasteiger partial charge in [0, 0.05) is 11.4 Å². The second-order valence-electron chi connectivity index (χ2n) is 5.50. The number of fused-ring (bicyclic) bond motifs is 1. The van der Waals surface area contributed by atoms with E-state index in [1.165, 1.54) is 27.3 Å². The summed E-state index contributed by atoms with van der Waals surface area (Å²) >= 11 is 3.39. The molecule has 6 heteroatoms. The van der Waals surface area contributed by atoms with Gasteiger partial charge in [-0.05, 0) is 29.0 Å². The molecule has 0 amide bonds. The minimum atomic E-state index is 0.293. The first kappa shape index (κ1) is 14.8. The predicted octanol–water partition coefficient (Wildman–Crippen LogP) is 3.76. The molecule has 1 aromatic carbocycles. The molecule has 0 saturated carbocycles. The van der Waals surface area contributed by atoms with Gasteiger partial charge in [-0.1, -0.05) is 41.7 Å². The Morgan fingerprint density at radius 1 is 1.22 bits per heavy atom. The number of aromatic nitrogens is 2. The maximum atomic E-state index is 5.17. The van der Waals surface area contributed by atoms with Gasteiger partial charge in [-0.25, -0.2) is 0 Å². The second kappa shape index (κ2) is 6.39. The van der Waals surface area contributed by atoms with Crippen LogP contribution < -0.4 is 4.74 Å². The molecule has 4 nitrogen and oxygen atoms in total. The van der Waals surface area contributed by atoms with Crippen molar-refractivity contribution in [3.63, 3.8) is 0 Å². The summed E-state index contributed by atoms with van der Waals surface area (Å²) < 4.78 is 5.17. The van der Waals surface area contributed by atoms with Crippen LogP contribution in [-0.2, 0) is 13.0 Å². The highest BCUT2D eigenvalue weighted by Gasteiger charge is 2.30. The van der Waals surface area contributed by atoms with Crippen molar-refractivity contribution in [3.8, 4) is 5.19 Å². The largest absolute Gasteiger partial charge is 0.472 e. The van der Waals surface area contributed by atoms with Crippen LogP contribution in [0.1, 0.15) is 27.1 Å². The van der Waals surface area contributed by atoms with Crippen LogP contribution in [0.4, 0.5) is 0 Å². The number of ether oxygens (including phenoxy) is 1. The third-order valence-corrected chi connectivity index (χ3v) is 6.01. The first-order valence-electron chi connectivity index (χ1n) is 7.57. The van der Waals surface area contributed by atoms with Gasteiger partial charge in [0.05, 0.1) is 19.7 Å². The molecular weight excluding hydrogens is 326 g/mol. The molecule has 0 N–H and O–H groups in total. The Labute approximate surface area is 143 Å². The zero-order valence-corrected chi connectivity index (χ0v) is 14.4. The van der Waals surface area contributed by atoms with Gasteiger partial charge in [-0.15, -0.1) is 21.5 Å². The molecule has 0 bridgehead atoms. The van der Waals surface area contributed by atoms with Crippen LogP contribution in [0.5, 0.6) is 5.19 Å². The van der Waals surface area contributed by atoms with E-state index in [1.54, 1.807) is 7.11 Å². The Kier molecular flexibility index (Phi) is 4.11. The number of thiophene rings is 1. The van der Waals surface area contributed by atoms with Gasteiger partial charge >= 0.3 is 0 Å². The van der Waals surface area contributed by atoms with E-state index in [0.717, 1.165) is 24.5 Å². The summed E-state index contributed by atoms with van der Waals surface area (Å²) in [4.78, 5) is 3.99. The molecule has 4 rings (SSSR count). The highest BCUT2D eigenvalue weighted by molar-refractivity contribution is 7.13. The van der Waals surface area contributed by atoms with E-state index in [2.05, 4.69) is 56.9 Å². The third kappa shape index (κ3) is 2.89. The lowest BCUT2D eigenvalue weighted by Gasteiger charge is -2.35. The average Bonchev–Trinajstić information content (AvgIpc) is 3.24. The van der Waals surface area contributed by atoms with Crippen molar-refractivity contribution in [3.05, 3.63) is 62.8 Å². The number of hydrogen-bond acceptors (Lipinski definition) is 6. The topological polar surface area (TPSA) is 38.3 Å². The molecule has 118 valence electrons. The van der Waals surface area contributed by atoms with Gasteiger partial charge in [0.15, 0.2) is 0 Å². The van der Waals surface area contributed by atoms with Gasteiger partial charge in [0.25, 0.3) is 5.19 Å². The predicted molar refractivity (Wildman–Crippen MR) is 93.2 cm³/mol. The van der Waals surface area contributed by atoms with Crippen molar-refractivity contribution in [2.24, 2.45) is 0 Å². The summed E-state index contributed by atoms with van der Waals surface area (Å²) in [6.45, 7) is 1.84. The van der Waals surface area contributed by atoms with Gasteiger partial charge < -0.3 is 4.74 Å². The number of nitrogens with zero attached hydrogens (tertiary/aromatic N) is 3. The van der Waals surface area contributed by atoms with Crippen molar-refractivity contribution in [2.75, 3.05) is 13.7 Å². The van der Waals surface area contributed by atoms with Gasteiger partial charge in [-0.3, -0.25) is 4.90 Å². The Morgan fingerprint density at radius 3 is 2.87 bits per heavy atom. The minimum absolute atomic E-state index is 0.293. The molecular formula is C17H17N3OS2. The third-order valence-electron chi connectivity index (χ3n) is 4.14. The Hall–Kier alpha value is -1.76. The number of hydrogen-bond donors (Lipinski definition) is 0. The Bertz CT molecular complexity index is 784. The monoisotopic (exact) mass is 343 g/mol. The van der Waals surface area contributed by atoms with Crippen LogP contribution in [0.2, 0.25) is 0 Å². The van der Waals surface area contributed by atoms with Gasteiger partial charge in [0.1, 0.15) is 5.01 Å². The van der Waals surface area contributed by atoms with Gasteiger partial charge in [0.2, 0.25) is 0 Å². The summed E-state index contributed by atoms with van der Waals surface area (Å²) in [5.74, 6) is 0.